The number of nitrogen functional groups attached to an aromatic ring is 1. The minimum Gasteiger partial charge on any atom is -0.465 e. The lowest BCUT2D eigenvalue weighted by atomic mass is 9.97. The number of hydrogen-bond acceptors (Lipinski definition) is 5. The molecule has 0 aliphatic carbocycles. The molecule has 0 unspecified atom stereocenters. The Morgan fingerprint density at radius 3 is 2.56 bits per heavy atom. The molecule has 0 bridgehead atoms. The summed E-state index contributed by atoms with van der Waals surface area (Å²) in [5, 5.41) is 3.74. The number of ether oxygens (including phenoxy) is 1. The van der Waals surface area contributed by atoms with Gasteiger partial charge < -0.3 is 15.8 Å². The van der Waals surface area contributed by atoms with Crippen molar-refractivity contribution in [1.29, 1.82) is 0 Å². The van der Waals surface area contributed by atoms with Crippen LogP contribution in [0.15, 0.2) is 60.8 Å². The van der Waals surface area contributed by atoms with Crippen LogP contribution in [-0.4, -0.2) is 18.1 Å². The lowest BCUT2D eigenvalue weighted by Gasteiger charge is -2.17. The molecule has 0 aliphatic heterocycles. The van der Waals surface area contributed by atoms with E-state index in [0.717, 1.165) is 16.7 Å². The Morgan fingerprint density at radius 1 is 1.15 bits per heavy atom. The Morgan fingerprint density at radius 2 is 1.85 bits per heavy atom. The van der Waals surface area contributed by atoms with Crippen LogP contribution in [0.5, 0.6) is 0 Å². The number of halogens is 1. The van der Waals surface area contributed by atoms with Crippen molar-refractivity contribution in [3.05, 3.63) is 76.9 Å². The van der Waals surface area contributed by atoms with E-state index in [0.29, 0.717) is 22.1 Å². The van der Waals surface area contributed by atoms with Gasteiger partial charge in [-0.15, -0.1) is 0 Å². The summed E-state index contributed by atoms with van der Waals surface area (Å²) < 4.78 is 4.87. The average molecular weight is 382 g/mol. The summed E-state index contributed by atoms with van der Waals surface area (Å²) in [7, 11) is 1.38. The molecule has 3 rings (SSSR count). The number of anilines is 2. The average Bonchev–Trinajstić information content (AvgIpc) is 2.71. The van der Waals surface area contributed by atoms with E-state index in [-0.39, 0.29) is 12.0 Å². The molecule has 138 valence electrons. The summed E-state index contributed by atoms with van der Waals surface area (Å²) in [5.41, 5.74) is 9.75. The molecule has 3 N–H and O–H groups in total. The quantitative estimate of drug-likeness (QED) is 0.612. The van der Waals surface area contributed by atoms with Crippen LogP contribution in [0.2, 0.25) is 5.02 Å². The molecule has 0 fully saturated rings. The highest BCUT2D eigenvalue weighted by molar-refractivity contribution is 6.33. The van der Waals surface area contributed by atoms with E-state index in [9.17, 15) is 4.79 Å². The number of methoxy groups -OCH3 is 1. The van der Waals surface area contributed by atoms with E-state index in [2.05, 4.69) is 10.3 Å². The number of benzene rings is 2. The first kappa shape index (κ1) is 18.7. The molecule has 3 aromatic rings. The topological polar surface area (TPSA) is 77.2 Å². The van der Waals surface area contributed by atoms with Gasteiger partial charge in [-0.2, -0.15) is 0 Å². The zero-order valence-electron chi connectivity index (χ0n) is 15.1. The monoisotopic (exact) mass is 381 g/mol. The molecule has 0 saturated heterocycles. The first-order chi connectivity index (χ1) is 13.0. The van der Waals surface area contributed by atoms with E-state index in [4.69, 9.17) is 22.1 Å². The highest BCUT2D eigenvalue weighted by atomic mass is 35.5. The van der Waals surface area contributed by atoms with Gasteiger partial charge >= 0.3 is 5.97 Å². The molecule has 1 aromatic heterocycles. The fourth-order valence-electron chi connectivity index (χ4n) is 2.83. The number of nitrogens with two attached hydrogens (primary N) is 1. The Bertz CT molecular complexity index is 958. The first-order valence-corrected chi connectivity index (χ1v) is 8.83. The van der Waals surface area contributed by atoms with Gasteiger partial charge in [-0.25, -0.2) is 9.78 Å². The molecule has 27 heavy (non-hydrogen) atoms. The Labute approximate surface area is 163 Å². The van der Waals surface area contributed by atoms with Crippen LogP contribution in [0.1, 0.15) is 28.9 Å². The lowest BCUT2D eigenvalue weighted by molar-refractivity contribution is 0.0601. The van der Waals surface area contributed by atoms with Crippen LogP contribution in [0.25, 0.3) is 11.1 Å². The minimum atomic E-state index is -0.354. The smallest absolute Gasteiger partial charge is 0.338 e. The number of carbonyl (C=O) groups is 1. The molecule has 0 aliphatic rings. The van der Waals surface area contributed by atoms with E-state index in [1.807, 2.05) is 49.4 Å². The second kappa shape index (κ2) is 8.10. The Hall–Kier alpha value is -3.05. The summed E-state index contributed by atoms with van der Waals surface area (Å²) in [6.07, 6.45) is 1.61. The summed E-state index contributed by atoms with van der Waals surface area (Å²) in [4.78, 5) is 16.2. The maximum atomic E-state index is 12.0. The zero-order chi connectivity index (χ0) is 19.4. The number of nitrogens with one attached hydrogen (secondary N) is 1. The van der Waals surface area contributed by atoms with E-state index < -0.39 is 0 Å². The molecule has 5 nitrogen and oxygen atoms in total. The summed E-state index contributed by atoms with van der Waals surface area (Å²) in [6, 6.07) is 17.0. The third-order valence-corrected chi connectivity index (χ3v) is 4.67. The SMILES string of the molecule is COC(=O)c1ccccc1-c1ccc([C@@H](C)Nc2nccc(Cl)c2N)cc1. The van der Waals surface area contributed by atoms with Crippen LogP contribution in [0.4, 0.5) is 11.5 Å². The molecule has 6 heteroatoms. The molecule has 1 heterocycles. The molecular formula is C21H20ClN3O2. The van der Waals surface area contributed by atoms with Gasteiger partial charge in [0, 0.05) is 6.20 Å². The van der Waals surface area contributed by atoms with Gasteiger partial charge in [0.25, 0.3) is 0 Å². The third kappa shape index (κ3) is 4.04. The standard InChI is InChI=1S/C21H20ClN3O2/c1-13(25-20-19(23)18(22)11-12-24-20)14-7-9-15(10-8-14)16-5-3-4-6-17(16)21(26)27-2/h3-13H,23H2,1-2H3,(H,24,25)/t13-/m1/s1. The van der Waals surface area contributed by atoms with Crippen LogP contribution >= 0.6 is 11.6 Å². The van der Waals surface area contributed by atoms with Gasteiger partial charge in [0.05, 0.1) is 29.4 Å². The number of aromatic nitrogens is 1. The van der Waals surface area contributed by atoms with E-state index >= 15 is 0 Å². The van der Waals surface area contributed by atoms with Gasteiger partial charge in [-0.1, -0.05) is 54.1 Å². The third-order valence-electron chi connectivity index (χ3n) is 4.34. The maximum Gasteiger partial charge on any atom is 0.338 e. The normalized spacial score (nSPS) is 11.7. The van der Waals surface area contributed by atoms with Crippen LogP contribution < -0.4 is 11.1 Å². The molecule has 0 spiro atoms. The molecule has 0 radical (unpaired) electrons. The summed E-state index contributed by atoms with van der Waals surface area (Å²) >= 11 is 6.04. The van der Waals surface area contributed by atoms with Crippen molar-refractivity contribution in [2.75, 3.05) is 18.2 Å². The lowest BCUT2D eigenvalue weighted by Crippen LogP contribution is -2.10. The molecule has 0 saturated carbocycles. The predicted octanol–water partition coefficient (Wildman–Crippen LogP) is 4.94. The van der Waals surface area contributed by atoms with E-state index in [1.54, 1.807) is 18.3 Å². The zero-order valence-corrected chi connectivity index (χ0v) is 15.8. The van der Waals surface area contributed by atoms with E-state index in [1.165, 1.54) is 7.11 Å². The number of pyridine rings is 1. The Balaban J connectivity index is 1.84. The van der Waals surface area contributed by atoms with Gasteiger partial charge in [0.15, 0.2) is 5.82 Å². The number of carbonyl (C=O) groups excluding carboxylic acids is 1. The molecule has 1 atom stereocenters. The number of rotatable bonds is 5. The van der Waals surface area contributed by atoms with Crippen molar-refractivity contribution in [2.45, 2.75) is 13.0 Å². The van der Waals surface area contributed by atoms with Crippen molar-refractivity contribution < 1.29 is 9.53 Å². The fraction of sp³-hybridized carbons (Fsp3) is 0.143. The minimum absolute atomic E-state index is 0.0248. The second-order valence-corrected chi connectivity index (χ2v) is 6.49. The number of hydrogen-bond donors (Lipinski definition) is 2. The highest BCUT2D eigenvalue weighted by Gasteiger charge is 2.14. The van der Waals surface area contributed by atoms with Gasteiger partial charge in [-0.3, -0.25) is 0 Å². The largest absolute Gasteiger partial charge is 0.465 e. The van der Waals surface area contributed by atoms with Crippen molar-refractivity contribution >= 4 is 29.1 Å². The summed E-state index contributed by atoms with van der Waals surface area (Å²) in [6.45, 7) is 2.01. The van der Waals surface area contributed by atoms with Crippen LogP contribution in [-0.2, 0) is 4.74 Å². The van der Waals surface area contributed by atoms with Crippen molar-refractivity contribution in [3.8, 4) is 11.1 Å². The number of nitrogens with zero attached hydrogens (tertiary/aromatic N) is 1. The van der Waals surface area contributed by atoms with Crippen LogP contribution in [0, 0.1) is 0 Å². The van der Waals surface area contributed by atoms with Crippen molar-refractivity contribution in [1.82, 2.24) is 4.98 Å². The molecular weight excluding hydrogens is 362 g/mol. The number of esters is 1. The Kier molecular flexibility index (Phi) is 5.62. The first-order valence-electron chi connectivity index (χ1n) is 8.45. The van der Waals surface area contributed by atoms with Gasteiger partial charge in [0.1, 0.15) is 0 Å². The maximum absolute atomic E-state index is 12.0. The highest BCUT2D eigenvalue weighted by Crippen LogP contribution is 2.29. The molecule has 0 amide bonds. The second-order valence-electron chi connectivity index (χ2n) is 6.08. The molecule has 2 aromatic carbocycles. The van der Waals surface area contributed by atoms with Gasteiger partial charge in [0.2, 0.25) is 0 Å². The van der Waals surface area contributed by atoms with Crippen LogP contribution in [0.3, 0.4) is 0 Å². The fourth-order valence-corrected chi connectivity index (χ4v) is 2.97. The predicted molar refractivity (Wildman–Crippen MR) is 109 cm³/mol. The van der Waals surface area contributed by atoms with Crippen molar-refractivity contribution in [2.24, 2.45) is 0 Å². The summed E-state index contributed by atoms with van der Waals surface area (Å²) in [5.74, 6) is 0.197. The van der Waals surface area contributed by atoms with Gasteiger partial charge in [-0.05, 0) is 35.7 Å². The van der Waals surface area contributed by atoms with Crippen molar-refractivity contribution in [3.63, 3.8) is 0 Å².